The van der Waals surface area contributed by atoms with Gasteiger partial charge < -0.3 is 5.11 Å². The van der Waals surface area contributed by atoms with E-state index in [4.69, 9.17) is 0 Å². The molecule has 1 aromatic carbocycles. The fraction of sp³-hybridized carbons (Fsp3) is 0.545. The monoisotopic (exact) mass is 393 g/mol. The van der Waals surface area contributed by atoms with Gasteiger partial charge in [0, 0.05) is 36.8 Å². The molecule has 1 aromatic heterocycles. The average Bonchev–Trinajstić information content (AvgIpc) is 3.34. The quantitative estimate of drug-likeness (QED) is 0.702. The molecule has 5 heteroatoms. The summed E-state index contributed by atoms with van der Waals surface area (Å²) in [7, 11) is 0. The van der Waals surface area contributed by atoms with Crippen molar-refractivity contribution in [3.8, 4) is 11.1 Å². The smallest absolute Gasteiger partial charge is 0.134 e. The van der Waals surface area contributed by atoms with Gasteiger partial charge in [0.1, 0.15) is 17.4 Å². The van der Waals surface area contributed by atoms with Gasteiger partial charge in [-0.15, -0.1) is 11.3 Å². The van der Waals surface area contributed by atoms with E-state index in [9.17, 15) is 13.9 Å². The Morgan fingerprint density at radius 1 is 1.22 bits per heavy atom. The number of halogens is 2. The molecule has 2 aliphatic rings. The molecule has 148 valence electrons. The van der Waals surface area contributed by atoms with Crippen molar-refractivity contribution < 1.29 is 15.3 Å². The summed E-state index contributed by atoms with van der Waals surface area (Å²) in [5.41, 5.74) is -0.177. The minimum absolute atomic E-state index is 0. The lowest BCUT2D eigenvalue weighted by Crippen LogP contribution is -2.50. The van der Waals surface area contributed by atoms with Crippen LogP contribution in [0.15, 0.2) is 29.6 Å². The minimum atomic E-state index is -0.877. The number of hydrogen-bond donors (Lipinski definition) is 1. The summed E-state index contributed by atoms with van der Waals surface area (Å²) < 4.78 is 28.6. The first-order chi connectivity index (χ1) is 12.9. The highest BCUT2D eigenvalue weighted by Crippen LogP contribution is 2.58. The SMILES string of the molecule is CC1CCCCN(C(C)(O)C2CC2c2sccc2-c2c(F)cccc2F)C1.[HH]. The zero-order valence-corrected chi connectivity index (χ0v) is 16.7. The summed E-state index contributed by atoms with van der Waals surface area (Å²) in [6.45, 7) is 6.00. The minimum Gasteiger partial charge on any atom is -0.376 e. The zero-order chi connectivity index (χ0) is 19.2. The third-order valence-corrected chi connectivity index (χ3v) is 7.35. The van der Waals surface area contributed by atoms with Crippen LogP contribution in [0.25, 0.3) is 11.1 Å². The van der Waals surface area contributed by atoms with Crippen LogP contribution in [0.5, 0.6) is 0 Å². The molecule has 1 aliphatic heterocycles. The number of nitrogens with zero attached hydrogens (tertiary/aromatic N) is 1. The molecule has 4 rings (SSSR count). The molecule has 2 fully saturated rings. The van der Waals surface area contributed by atoms with E-state index in [0.29, 0.717) is 11.5 Å². The predicted octanol–water partition coefficient (Wildman–Crippen LogP) is 5.87. The van der Waals surface area contributed by atoms with Gasteiger partial charge in [-0.2, -0.15) is 0 Å². The van der Waals surface area contributed by atoms with Gasteiger partial charge in [0.05, 0.1) is 5.56 Å². The number of thiophene rings is 1. The van der Waals surface area contributed by atoms with Gasteiger partial charge in [0.25, 0.3) is 0 Å². The van der Waals surface area contributed by atoms with Crippen molar-refractivity contribution in [2.75, 3.05) is 13.1 Å². The molecule has 1 saturated carbocycles. The largest absolute Gasteiger partial charge is 0.376 e. The van der Waals surface area contributed by atoms with Crippen molar-refractivity contribution in [3.05, 3.63) is 46.2 Å². The third kappa shape index (κ3) is 3.57. The van der Waals surface area contributed by atoms with Crippen LogP contribution in [-0.4, -0.2) is 28.8 Å². The second-order valence-corrected chi connectivity index (χ2v) is 9.33. The van der Waals surface area contributed by atoms with E-state index in [0.717, 1.165) is 30.8 Å². The van der Waals surface area contributed by atoms with Gasteiger partial charge in [-0.25, -0.2) is 8.78 Å². The fourth-order valence-electron chi connectivity index (χ4n) is 4.66. The molecule has 4 atom stereocenters. The van der Waals surface area contributed by atoms with E-state index in [1.165, 1.54) is 31.0 Å². The second kappa shape index (κ2) is 7.26. The molecule has 0 radical (unpaired) electrons. The first kappa shape index (κ1) is 19.0. The van der Waals surface area contributed by atoms with Crippen LogP contribution in [0.1, 0.15) is 51.8 Å². The molecule has 2 heterocycles. The fourth-order valence-corrected chi connectivity index (χ4v) is 5.74. The van der Waals surface area contributed by atoms with E-state index in [1.54, 1.807) is 17.4 Å². The molecular weight excluding hydrogens is 364 g/mol. The maximum atomic E-state index is 14.3. The molecule has 4 unspecified atom stereocenters. The van der Waals surface area contributed by atoms with Crippen LogP contribution in [-0.2, 0) is 0 Å². The summed E-state index contributed by atoms with van der Waals surface area (Å²) in [6.07, 6.45) is 4.40. The third-order valence-electron chi connectivity index (χ3n) is 6.30. The Bertz CT molecular complexity index is 804. The summed E-state index contributed by atoms with van der Waals surface area (Å²) in [6, 6.07) is 5.81. The standard InChI is InChI=1S/C22H27F2NOS.H2/c1-14-6-3-4-10-25(13-14)22(2,26)17-12-16(17)21-15(9-11-27-21)20-18(23)7-5-8-19(20)24;/h5,7-9,11,14,16-17,26H,3-4,6,10,12-13H2,1-2H3;1H. The van der Waals surface area contributed by atoms with Crippen LogP contribution in [0.4, 0.5) is 8.78 Å². The molecular formula is C22H29F2NOS. The van der Waals surface area contributed by atoms with Crippen molar-refractivity contribution >= 4 is 11.3 Å². The first-order valence-corrected chi connectivity index (χ1v) is 10.8. The van der Waals surface area contributed by atoms with Crippen molar-refractivity contribution in [2.24, 2.45) is 11.8 Å². The number of aliphatic hydroxyl groups is 1. The number of benzene rings is 1. The van der Waals surface area contributed by atoms with Gasteiger partial charge in [-0.3, -0.25) is 4.90 Å². The normalized spacial score (nSPS) is 28.6. The molecule has 27 heavy (non-hydrogen) atoms. The summed E-state index contributed by atoms with van der Waals surface area (Å²) in [5.74, 6) is -0.205. The summed E-state index contributed by atoms with van der Waals surface area (Å²) in [5, 5.41) is 13.2. The maximum absolute atomic E-state index is 14.3. The molecule has 1 saturated heterocycles. The van der Waals surface area contributed by atoms with E-state index in [2.05, 4.69) is 11.8 Å². The Morgan fingerprint density at radius 2 is 1.96 bits per heavy atom. The summed E-state index contributed by atoms with van der Waals surface area (Å²) in [4.78, 5) is 3.22. The van der Waals surface area contributed by atoms with E-state index < -0.39 is 17.4 Å². The van der Waals surface area contributed by atoms with E-state index >= 15 is 0 Å². The molecule has 2 aromatic rings. The Kier molecular flexibility index (Phi) is 5.12. The van der Waals surface area contributed by atoms with Crippen molar-refractivity contribution in [2.45, 2.75) is 51.2 Å². The average molecular weight is 394 g/mol. The highest BCUT2D eigenvalue weighted by Gasteiger charge is 2.54. The lowest BCUT2D eigenvalue weighted by atomic mass is 9.99. The van der Waals surface area contributed by atoms with Crippen LogP contribution < -0.4 is 0 Å². The van der Waals surface area contributed by atoms with Gasteiger partial charge >= 0.3 is 0 Å². The highest BCUT2D eigenvalue weighted by atomic mass is 32.1. The Labute approximate surface area is 165 Å². The number of hydrogen-bond acceptors (Lipinski definition) is 3. The summed E-state index contributed by atoms with van der Waals surface area (Å²) >= 11 is 1.54. The predicted molar refractivity (Wildman–Crippen MR) is 108 cm³/mol. The number of rotatable bonds is 4. The van der Waals surface area contributed by atoms with Crippen LogP contribution >= 0.6 is 11.3 Å². The second-order valence-electron chi connectivity index (χ2n) is 8.38. The Balaban J connectivity index is 0.00000225. The number of likely N-dealkylation sites (tertiary alicyclic amines) is 1. The van der Waals surface area contributed by atoms with Crippen molar-refractivity contribution in [3.63, 3.8) is 0 Å². The zero-order valence-electron chi connectivity index (χ0n) is 15.9. The lowest BCUT2D eigenvalue weighted by molar-refractivity contribution is -0.114. The molecule has 0 amide bonds. The van der Waals surface area contributed by atoms with Gasteiger partial charge in [0.15, 0.2) is 0 Å². The van der Waals surface area contributed by atoms with Crippen molar-refractivity contribution in [1.82, 2.24) is 4.90 Å². The molecule has 0 spiro atoms. The molecule has 2 nitrogen and oxygen atoms in total. The topological polar surface area (TPSA) is 23.5 Å². The first-order valence-electron chi connectivity index (χ1n) is 9.88. The van der Waals surface area contributed by atoms with Gasteiger partial charge in [-0.1, -0.05) is 19.4 Å². The maximum Gasteiger partial charge on any atom is 0.134 e. The van der Waals surface area contributed by atoms with Gasteiger partial charge in [-0.05, 0) is 55.7 Å². The Hall–Kier alpha value is -1.30. The molecule has 1 aliphatic carbocycles. The molecule has 1 N–H and O–H groups in total. The van der Waals surface area contributed by atoms with Crippen molar-refractivity contribution in [1.29, 1.82) is 0 Å². The lowest BCUT2D eigenvalue weighted by Gasteiger charge is -2.38. The van der Waals surface area contributed by atoms with Crippen LogP contribution in [0.3, 0.4) is 0 Å². The highest BCUT2D eigenvalue weighted by molar-refractivity contribution is 7.10. The molecule has 0 bridgehead atoms. The van der Waals surface area contributed by atoms with E-state index in [1.807, 2.05) is 12.3 Å². The van der Waals surface area contributed by atoms with Gasteiger partial charge in [0.2, 0.25) is 0 Å². The Morgan fingerprint density at radius 3 is 2.70 bits per heavy atom. The van der Waals surface area contributed by atoms with E-state index in [-0.39, 0.29) is 18.8 Å². The van der Waals surface area contributed by atoms with Crippen LogP contribution in [0, 0.1) is 23.5 Å². The van der Waals surface area contributed by atoms with Crippen LogP contribution in [0.2, 0.25) is 0 Å².